The summed E-state index contributed by atoms with van der Waals surface area (Å²) >= 11 is 0. The number of likely N-dealkylation sites (N-methyl/N-ethyl adjacent to an activating group) is 1. The van der Waals surface area contributed by atoms with Gasteiger partial charge in [0, 0.05) is 12.8 Å². The summed E-state index contributed by atoms with van der Waals surface area (Å²) in [4.78, 5) is 35.7. The largest absolute Gasteiger partial charge is 0.472 e. The molecular formula is C66H113NO8P+. The van der Waals surface area contributed by atoms with E-state index >= 15 is 0 Å². The van der Waals surface area contributed by atoms with Gasteiger partial charge in [-0.3, -0.25) is 18.6 Å². The Hall–Kier alpha value is -3.59. The zero-order valence-electron chi connectivity index (χ0n) is 49.2. The Labute approximate surface area is 467 Å². The Balaban J connectivity index is 4.14. The molecule has 0 saturated carbocycles. The molecule has 0 aromatic rings. The molecule has 0 saturated heterocycles. The topological polar surface area (TPSA) is 108 Å². The Morgan fingerprint density at radius 1 is 0.421 bits per heavy atom. The highest BCUT2D eigenvalue weighted by Crippen LogP contribution is 2.43. The molecule has 0 amide bonds. The number of quaternary nitrogens is 1. The number of carbonyl (C=O) groups is 2. The third kappa shape index (κ3) is 59.7. The number of phosphoric ester groups is 1. The van der Waals surface area contributed by atoms with E-state index in [0.29, 0.717) is 17.4 Å². The van der Waals surface area contributed by atoms with Crippen LogP contribution in [0.4, 0.5) is 0 Å². The van der Waals surface area contributed by atoms with E-state index in [1.807, 2.05) is 21.1 Å². The van der Waals surface area contributed by atoms with Gasteiger partial charge in [-0.25, -0.2) is 4.57 Å². The van der Waals surface area contributed by atoms with Gasteiger partial charge >= 0.3 is 19.8 Å². The van der Waals surface area contributed by atoms with Crippen molar-refractivity contribution in [2.24, 2.45) is 0 Å². The van der Waals surface area contributed by atoms with Gasteiger partial charge in [-0.2, -0.15) is 0 Å². The highest BCUT2D eigenvalue weighted by Gasteiger charge is 2.27. The molecule has 0 aliphatic rings. The van der Waals surface area contributed by atoms with Crippen molar-refractivity contribution in [1.29, 1.82) is 0 Å². The van der Waals surface area contributed by atoms with Crippen LogP contribution in [-0.2, 0) is 32.7 Å². The Morgan fingerprint density at radius 2 is 0.750 bits per heavy atom. The molecule has 2 unspecified atom stereocenters. The van der Waals surface area contributed by atoms with E-state index in [4.69, 9.17) is 18.5 Å². The molecule has 0 fully saturated rings. The molecule has 0 aromatic heterocycles. The summed E-state index contributed by atoms with van der Waals surface area (Å²) in [5.41, 5.74) is 0. The standard InChI is InChI=1S/C66H112NO8P/c1-6-8-10-12-14-16-18-20-22-23-24-25-26-27-28-29-30-31-32-33-34-35-36-37-38-39-40-41-42-43-45-47-49-51-53-55-57-59-66(69)75-64(63-74-76(70,71)73-61-60-67(3,4)5)62-72-65(68)58-56-54-52-50-48-46-44-21-19-17-15-13-11-9-7-2/h8,10,14,16,20-22,24-25,27-28,30-31,33-34,36-37,39-40,44,64H,6-7,9,11-13,15,17-19,23,26,29,32,35,38,41-43,45-63H2,1-5H3/p+1/b10-8-,16-14-,22-20-,25-24-,28-27-,31-30-,34-33-,37-36-,40-39-,44-21-. The fourth-order valence-corrected chi connectivity index (χ4v) is 8.57. The summed E-state index contributed by atoms with van der Waals surface area (Å²) in [5.74, 6) is -0.819. The van der Waals surface area contributed by atoms with Crippen molar-refractivity contribution in [3.8, 4) is 0 Å². The minimum Gasteiger partial charge on any atom is -0.462 e. The van der Waals surface area contributed by atoms with E-state index in [-0.39, 0.29) is 32.0 Å². The van der Waals surface area contributed by atoms with E-state index < -0.39 is 26.5 Å². The zero-order chi connectivity index (χ0) is 55.6. The van der Waals surface area contributed by atoms with Crippen LogP contribution in [0.5, 0.6) is 0 Å². The van der Waals surface area contributed by atoms with Crippen molar-refractivity contribution in [2.45, 2.75) is 238 Å². The van der Waals surface area contributed by atoms with E-state index in [0.717, 1.165) is 122 Å². The highest BCUT2D eigenvalue weighted by molar-refractivity contribution is 7.47. The predicted molar refractivity (Wildman–Crippen MR) is 325 cm³/mol. The highest BCUT2D eigenvalue weighted by atomic mass is 31.2. The number of allylic oxidation sites excluding steroid dienone is 20. The van der Waals surface area contributed by atoms with E-state index in [1.54, 1.807) is 0 Å². The van der Waals surface area contributed by atoms with Crippen LogP contribution >= 0.6 is 7.82 Å². The number of hydrogen-bond donors (Lipinski definition) is 1. The summed E-state index contributed by atoms with van der Waals surface area (Å²) in [6.45, 7) is 4.29. The molecule has 0 heterocycles. The van der Waals surface area contributed by atoms with Crippen LogP contribution in [0.15, 0.2) is 122 Å². The average Bonchev–Trinajstić information content (AvgIpc) is 3.38. The molecule has 0 rings (SSSR count). The number of esters is 2. The first-order valence-corrected chi connectivity index (χ1v) is 31.8. The molecule has 0 aliphatic carbocycles. The summed E-state index contributed by atoms with van der Waals surface area (Å²) in [5, 5.41) is 0. The molecule has 0 aromatic carbocycles. The Bertz CT molecular complexity index is 1700. The summed E-state index contributed by atoms with van der Waals surface area (Å²) in [6, 6.07) is 0. The summed E-state index contributed by atoms with van der Waals surface area (Å²) in [7, 11) is 1.46. The molecule has 2 atom stereocenters. The molecule has 9 nitrogen and oxygen atoms in total. The number of rotatable bonds is 54. The predicted octanol–water partition coefficient (Wildman–Crippen LogP) is 19.1. The van der Waals surface area contributed by atoms with Gasteiger partial charge in [-0.15, -0.1) is 0 Å². The fraction of sp³-hybridized carbons (Fsp3) is 0.667. The second-order valence-corrected chi connectivity index (χ2v) is 22.5. The fourth-order valence-electron chi connectivity index (χ4n) is 7.83. The minimum atomic E-state index is -4.39. The van der Waals surface area contributed by atoms with Gasteiger partial charge in [0.15, 0.2) is 6.10 Å². The average molecular weight is 1080 g/mol. The molecule has 10 heteroatoms. The molecular weight excluding hydrogens is 966 g/mol. The minimum absolute atomic E-state index is 0.0239. The Kier molecular flexibility index (Phi) is 53.5. The second-order valence-electron chi connectivity index (χ2n) is 21.0. The third-order valence-corrected chi connectivity index (χ3v) is 13.5. The van der Waals surface area contributed by atoms with Gasteiger partial charge < -0.3 is 18.9 Å². The van der Waals surface area contributed by atoms with Gasteiger partial charge in [-0.1, -0.05) is 232 Å². The van der Waals surface area contributed by atoms with Crippen molar-refractivity contribution in [1.82, 2.24) is 0 Å². The van der Waals surface area contributed by atoms with Gasteiger partial charge in [0.1, 0.15) is 19.8 Å². The maximum atomic E-state index is 12.8. The lowest BCUT2D eigenvalue weighted by atomic mass is 10.1. The molecule has 0 radical (unpaired) electrons. The maximum Gasteiger partial charge on any atom is 0.472 e. The van der Waals surface area contributed by atoms with Crippen LogP contribution in [0.2, 0.25) is 0 Å². The molecule has 0 bridgehead atoms. The molecule has 1 N–H and O–H groups in total. The Morgan fingerprint density at radius 3 is 1.13 bits per heavy atom. The van der Waals surface area contributed by atoms with E-state index in [9.17, 15) is 19.0 Å². The zero-order valence-corrected chi connectivity index (χ0v) is 50.1. The van der Waals surface area contributed by atoms with Crippen LogP contribution in [-0.4, -0.2) is 74.9 Å². The molecule has 0 spiro atoms. The van der Waals surface area contributed by atoms with E-state index in [1.165, 1.54) is 77.0 Å². The quantitative estimate of drug-likeness (QED) is 0.0211. The second kappa shape index (κ2) is 56.1. The van der Waals surface area contributed by atoms with Crippen LogP contribution in [0.1, 0.15) is 232 Å². The lowest BCUT2D eigenvalue weighted by Crippen LogP contribution is -2.37. The van der Waals surface area contributed by atoms with Gasteiger partial charge in [0.05, 0.1) is 27.7 Å². The smallest absolute Gasteiger partial charge is 0.462 e. The molecule has 434 valence electrons. The number of carbonyl (C=O) groups excluding carboxylic acids is 2. The number of hydrogen-bond acceptors (Lipinski definition) is 7. The summed E-state index contributed by atoms with van der Waals surface area (Å²) in [6.07, 6.45) is 79.9. The summed E-state index contributed by atoms with van der Waals surface area (Å²) < 4.78 is 34.5. The number of ether oxygens (including phenoxy) is 2. The lowest BCUT2D eigenvalue weighted by Gasteiger charge is -2.24. The van der Waals surface area contributed by atoms with Crippen molar-refractivity contribution in [2.75, 3.05) is 47.5 Å². The van der Waals surface area contributed by atoms with Crippen LogP contribution < -0.4 is 0 Å². The van der Waals surface area contributed by atoms with E-state index in [2.05, 4.69) is 135 Å². The lowest BCUT2D eigenvalue weighted by molar-refractivity contribution is -0.870. The van der Waals surface area contributed by atoms with Crippen molar-refractivity contribution >= 4 is 19.8 Å². The normalized spacial score (nSPS) is 14.1. The SMILES string of the molecule is CC/C=C\C/C=C\C/C=C\C/C=C\C/C=C\C/C=C\C/C=C\C/C=C\C/C=C\CCCCCCCCCCCC(=O)OC(COC(=O)CCCCCCC/C=C\CCCCCCCC)COP(=O)(O)OCC[N+](C)(C)C. The first-order valence-electron chi connectivity index (χ1n) is 30.3. The van der Waals surface area contributed by atoms with Crippen molar-refractivity contribution in [3.63, 3.8) is 0 Å². The number of nitrogens with zero attached hydrogens (tertiary/aromatic N) is 1. The van der Waals surface area contributed by atoms with Gasteiger partial charge in [0.2, 0.25) is 0 Å². The monoisotopic (exact) mass is 1080 g/mol. The molecule has 76 heavy (non-hydrogen) atoms. The first kappa shape index (κ1) is 72.4. The van der Waals surface area contributed by atoms with Gasteiger partial charge in [0.25, 0.3) is 0 Å². The van der Waals surface area contributed by atoms with Crippen molar-refractivity contribution in [3.05, 3.63) is 122 Å². The third-order valence-electron chi connectivity index (χ3n) is 12.5. The maximum absolute atomic E-state index is 12.8. The number of phosphoric acid groups is 1. The van der Waals surface area contributed by atoms with Gasteiger partial charge in [-0.05, 0) is 109 Å². The number of unbranched alkanes of at least 4 members (excludes halogenated alkanes) is 20. The van der Waals surface area contributed by atoms with Crippen LogP contribution in [0.3, 0.4) is 0 Å². The van der Waals surface area contributed by atoms with Crippen LogP contribution in [0.25, 0.3) is 0 Å². The van der Waals surface area contributed by atoms with Crippen LogP contribution in [0, 0.1) is 0 Å². The van der Waals surface area contributed by atoms with Crippen molar-refractivity contribution < 1.29 is 42.1 Å². The molecule has 0 aliphatic heterocycles. The first-order chi connectivity index (χ1) is 37.0.